The molecule has 1 saturated heterocycles. The molecule has 0 spiro atoms. The zero-order chi connectivity index (χ0) is 14.2. The number of carbonyl (C=O) groups is 1. The van der Waals surface area contributed by atoms with Gasteiger partial charge < -0.3 is 4.90 Å². The second kappa shape index (κ2) is 4.68. The normalized spacial score (nSPS) is 19.9. The summed E-state index contributed by atoms with van der Waals surface area (Å²) in [5, 5.41) is 0. The van der Waals surface area contributed by atoms with Gasteiger partial charge >= 0.3 is 6.18 Å². The number of amides is 1. The van der Waals surface area contributed by atoms with Crippen molar-refractivity contribution in [2.24, 2.45) is 5.92 Å². The van der Waals surface area contributed by atoms with E-state index >= 15 is 0 Å². The fourth-order valence-electron chi connectivity index (χ4n) is 2.13. The maximum Gasteiger partial charge on any atom is 0.418 e. The van der Waals surface area contributed by atoms with Crippen molar-refractivity contribution in [3.63, 3.8) is 0 Å². The Balaban J connectivity index is 2.50. The molecule has 1 atom stereocenters. The summed E-state index contributed by atoms with van der Waals surface area (Å²) in [7, 11) is 0. The number of para-hydroxylation sites is 1. The van der Waals surface area contributed by atoms with Gasteiger partial charge in [0, 0.05) is 18.9 Å². The molecule has 0 saturated carbocycles. The van der Waals surface area contributed by atoms with Gasteiger partial charge in [0.2, 0.25) is 5.91 Å². The second-order valence-corrected chi connectivity index (χ2v) is 4.34. The number of rotatable bonds is 2. The van der Waals surface area contributed by atoms with Crippen LogP contribution in [-0.4, -0.2) is 12.5 Å². The Bertz CT molecular complexity index is 524. The highest BCUT2D eigenvalue weighted by Gasteiger charge is 2.40. The molecule has 0 aliphatic carbocycles. The smallest absolute Gasteiger partial charge is 0.309 e. The van der Waals surface area contributed by atoms with Crippen LogP contribution < -0.4 is 4.90 Å². The van der Waals surface area contributed by atoms with Gasteiger partial charge in [-0.2, -0.15) is 13.2 Å². The van der Waals surface area contributed by atoms with Crippen molar-refractivity contribution >= 4 is 11.6 Å². The number of nitrogens with zero attached hydrogens (tertiary/aromatic N) is 1. The van der Waals surface area contributed by atoms with Crippen LogP contribution in [0, 0.1) is 11.7 Å². The molecule has 6 heteroatoms. The van der Waals surface area contributed by atoms with E-state index in [2.05, 4.69) is 6.58 Å². The zero-order valence-electron chi connectivity index (χ0n) is 9.88. The number of halogens is 4. The molecule has 19 heavy (non-hydrogen) atoms. The number of hydrogen-bond acceptors (Lipinski definition) is 1. The van der Waals surface area contributed by atoms with E-state index in [1.165, 1.54) is 6.08 Å². The maximum atomic E-state index is 13.7. The molecular weight excluding hydrogens is 262 g/mol. The maximum absolute atomic E-state index is 13.7. The molecule has 2 rings (SSSR count). The van der Waals surface area contributed by atoms with Crippen molar-refractivity contribution in [3.05, 3.63) is 42.2 Å². The lowest BCUT2D eigenvalue weighted by Crippen LogP contribution is -2.28. The Hall–Kier alpha value is -1.85. The predicted octanol–water partition coefficient (Wildman–Crippen LogP) is 3.38. The Kier molecular flexibility index (Phi) is 3.34. The molecule has 1 aliphatic heterocycles. The van der Waals surface area contributed by atoms with Gasteiger partial charge in [0.15, 0.2) is 0 Å². The monoisotopic (exact) mass is 273 g/mol. The van der Waals surface area contributed by atoms with E-state index in [1.54, 1.807) is 0 Å². The number of anilines is 1. The molecule has 0 radical (unpaired) electrons. The van der Waals surface area contributed by atoms with Crippen molar-refractivity contribution in [1.29, 1.82) is 0 Å². The largest absolute Gasteiger partial charge is 0.418 e. The van der Waals surface area contributed by atoms with Gasteiger partial charge in [-0.25, -0.2) is 4.39 Å². The van der Waals surface area contributed by atoms with Crippen molar-refractivity contribution in [2.75, 3.05) is 11.4 Å². The highest BCUT2D eigenvalue weighted by Crippen LogP contribution is 2.40. The fourth-order valence-corrected chi connectivity index (χ4v) is 2.13. The summed E-state index contributed by atoms with van der Waals surface area (Å²) < 4.78 is 52.3. The highest BCUT2D eigenvalue weighted by atomic mass is 19.4. The van der Waals surface area contributed by atoms with E-state index in [1.807, 2.05) is 0 Å². The highest BCUT2D eigenvalue weighted by molar-refractivity contribution is 5.97. The molecule has 0 bridgehead atoms. The standard InChI is InChI=1S/C13H11F4NO/c1-2-8-6-11(19)18(7-8)12-9(13(15,16)17)4-3-5-10(12)14/h2-5,8H,1,6-7H2. The van der Waals surface area contributed by atoms with Crippen LogP contribution in [0.2, 0.25) is 0 Å². The summed E-state index contributed by atoms with van der Waals surface area (Å²) >= 11 is 0. The molecular formula is C13H11F4NO. The molecule has 0 N–H and O–H groups in total. The molecule has 1 aliphatic rings. The Labute approximate surface area is 107 Å². The second-order valence-electron chi connectivity index (χ2n) is 4.34. The Morgan fingerprint density at radius 2 is 2.05 bits per heavy atom. The van der Waals surface area contributed by atoms with E-state index in [9.17, 15) is 22.4 Å². The van der Waals surface area contributed by atoms with Crippen LogP contribution in [0.25, 0.3) is 0 Å². The summed E-state index contributed by atoms with van der Waals surface area (Å²) in [6, 6.07) is 2.67. The van der Waals surface area contributed by atoms with Crippen molar-refractivity contribution in [2.45, 2.75) is 12.6 Å². The van der Waals surface area contributed by atoms with Gasteiger partial charge in [-0.1, -0.05) is 12.1 Å². The molecule has 102 valence electrons. The first-order chi connectivity index (χ1) is 8.84. The lowest BCUT2D eigenvalue weighted by Gasteiger charge is -2.22. The third-order valence-corrected chi connectivity index (χ3v) is 3.05. The van der Waals surface area contributed by atoms with Crippen LogP contribution in [0.5, 0.6) is 0 Å². The van der Waals surface area contributed by atoms with E-state index in [0.29, 0.717) is 0 Å². The van der Waals surface area contributed by atoms with E-state index in [0.717, 1.165) is 23.1 Å². The summed E-state index contributed by atoms with van der Waals surface area (Å²) in [4.78, 5) is 12.6. The Morgan fingerprint density at radius 1 is 1.37 bits per heavy atom. The molecule has 1 aromatic carbocycles. The van der Waals surface area contributed by atoms with Gasteiger partial charge in [0.25, 0.3) is 0 Å². The minimum atomic E-state index is -4.70. The number of benzene rings is 1. The van der Waals surface area contributed by atoms with Crippen LogP contribution in [0.4, 0.5) is 23.2 Å². The minimum absolute atomic E-state index is 0.0202. The van der Waals surface area contributed by atoms with Crippen LogP contribution in [-0.2, 0) is 11.0 Å². The summed E-state index contributed by atoms with van der Waals surface area (Å²) in [5.41, 5.74) is -1.82. The third kappa shape index (κ3) is 2.47. The average molecular weight is 273 g/mol. The third-order valence-electron chi connectivity index (χ3n) is 3.05. The van der Waals surface area contributed by atoms with Crippen LogP contribution in [0.3, 0.4) is 0 Å². The van der Waals surface area contributed by atoms with Crippen molar-refractivity contribution < 1.29 is 22.4 Å². The molecule has 1 heterocycles. The first-order valence-electron chi connectivity index (χ1n) is 5.63. The summed E-state index contributed by atoms with van der Waals surface area (Å²) in [5.74, 6) is -1.83. The van der Waals surface area contributed by atoms with Crippen LogP contribution in [0.1, 0.15) is 12.0 Å². The quantitative estimate of drug-likeness (QED) is 0.597. The van der Waals surface area contributed by atoms with Gasteiger partial charge in [0.05, 0.1) is 11.3 Å². The Morgan fingerprint density at radius 3 is 2.58 bits per heavy atom. The molecule has 0 aromatic heterocycles. The summed E-state index contributed by atoms with van der Waals surface area (Å²) in [6.07, 6.45) is -3.16. The minimum Gasteiger partial charge on any atom is -0.309 e. The van der Waals surface area contributed by atoms with E-state index in [-0.39, 0.29) is 18.9 Å². The summed E-state index contributed by atoms with van der Waals surface area (Å²) in [6.45, 7) is 3.52. The lowest BCUT2D eigenvalue weighted by atomic mass is 10.1. The van der Waals surface area contributed by atoms with Gasteiger partial charge in [-0.3, -0.25) is 4.79 Å². The van der Waals surface area contributed by atoms with Crippen LogP contribution >= 0.6 is 0 Å². The number of carbonyl (C=O) groups excluding carboxylic acids is 1. The fraction of sp³-hybridized carbons (Fsp3) is 0.308. The predicted molar refractivity (Wildman–Crippen MR) is 62.1 cm³/mol. The SMILES string of the molecule is C=CC1CC(=O)N(c2c(F)cccc2C(F)(F)F)C1. The number of hydrogen-bond donors (Lipinski definition) is 0. The molecule has 1 unspecified atom stereocenters. The van der Waals surface area contributed by atoms with Crippen LogP contribution in [0.15, 0.2) is 30.9 Å². The first kappa shape index (κ1) is 13.6. The lowest BCUT2D eigenvalue weighted by molar-refractivity contribution is -0.137. The zero-order valence-corrected chi connectivity index (χ0v) is 9.88. The molecule has 1 aromatic rings. The van der Waals surface area contributed by atoms with Gasteiger partial charge in [-0.05, 0) is 12.1 Å². The van der Waals surface area contributed by atoms with E-state index in [4.69, 9.17) is 0 Å². The van der Waals surface area contributed by atoms with Crippen molar-refractivity contribution in [3.8, 4) is 0 Å². The number of alkyl halides is 3. The van der Waals surface area contributed by atoms with Gasteiger partial charge in [-0.15, -0.1) is 6.58 Å². The van der Waals surface area contributed by atoms with E-state index < -0.39 is 29.2 Å². The molecule has 1 fully saturated rings. The average Bonchev–Trinajstić information content (AvgIpc) is 2.69. The molecule has 1 amide bonds. The molecule has 2 nitrogen and oxygen atoms in total. The topological polar surface area (TPSA) is 20.3 Å². The van der Waals surface area contributed by atoms with Gasteiger partial charge in [0.1, 0.15) is 5.82 Å². The van der Waals surface area contributed by atoms with Crippen molar-refractivity contribution in [1.82, 2.24) is 0 Å². The first-order valence-corrected chi connectivity index (χ1v) is 5.63.